The van der Waals surface area contributed by atoms with E-state index in [1.165, 1.54) is 0 Å². The van der Waals surface area contributed by atoms with Gasteiger partial charge in [-0.05, 0) is 29.5 Å². The molecule has 2 heterocycles. The van der Waals surface area contributed by atoms with Crippen molar-refractivity contribution in [2.24, 2.45) is 0 Å². The molecule has 0 fully saturated rings. The molecule has 0 aliphatic carbocycles. The van der Waals surface area contributed by atoms with Crippen molar-refractivity contribution in [3.05, 3.63) is 24.3 Å². The minimum Gasteiger partial charge on any atom is -0.465 e. The monoisotopic (exact) mass is 272 g/mol. The lowest BCUT2D eigenvalue weighted by Gasteiger charge is -2.07. The van der Waals surface area contributed by atoms with Gasteiger partial charge in [-0.3, -0.25) is 4.79 Å². The second-order valence-corrected chi connectivity index (χ2v) is 4.02. The maximum absolute atomic E-state index is 11.4. The van der Waals surface area contributed by atoms with Crippen LogP contribution in [0.15, 0.2) is 24.3 Å². The Hall–Kier alpha value is -2.77. The number of ether oxygens (including phenoxy) is 1. The van der Waals surface area contributed by atoms with E-state index in [-0.39, 0.29) is 12.5 Å². The first-order valence-corrected chi connectivity index (χ1v) is 6.16. The Kier molecular flexibility index (Phi) is 3.12. The van der Waals surface area contributed by atoms with Crippen molar-refractivity contribution in [1.82, 2.24) is 25.0 Å². The van der Waals surface area contributed by atoms with E-state index in [9.17, 15) is 4.79 Å². The Morgan fingerprint density at radius 1 is 1.40 bits per heavy atom. The minimum atomic E-state index is -0.354. The molecule has 1 N–H and O–H groups in total. The summed E-state index contributed by atoms with van der Waals surface area (Å²) in [7, 11) is 0. The van der Waals surface area contributed by atoms with Gasteiger partial charge >= 0.3 is 5.97 Å². The second kappa shape index (κ2) is 5.08. The predicted octanol–water partition coefficient (Wildman–Crippen LogP) is 0.647. The van der Waals surface area contributed by atoms with E-state index in [4.69, 9.17) is 4.74 Å². The van der Waals surface area contributed by atoms with Crippen LogP contribution in [0.5, 0.6) is 0 Å². The Bertz CT molecular complexity index is 769. The van der Waals surface area contributed by atoms with E-state index in [1.54, 1.807) is 11.4 Å². The van der Waals surface area contributed by atoms with Crippen molar-refractivity contribution in [3.8, 4) is 0 Å². The quantitative estimate of drug-likeness (QED) is 0.697. The summed E-state index contributed by atoms with van der Waals surface area (Å²) in [5, 5.41) is 14.4. The lowest BCUT2D eigenvalue weighted by Crippen LogP contribution is -2.18. The molecule has 1 aromatic carbocycles. The zero-order valence-electron chi connectivity index (χ0n) is 10.8. The summed E-state index contributed by atoms with van der Waals surface area (Å²) in [5.41, 5.74) is 2.00. The molecule has 20 heavy (non-hydrogen) atoms. The van der Waals surface area contributed by atoms with Crippen LogP contribution in [0.2, 0.25) is 0 Å². The number of esters is 1. The first kappa shape index (κ1) is 12.3. The maximum Gasteiger partial charge on any atom is 0.325 e. The van der Waals surface area contributed by atoms with Crippen LogP contribution in [-0.2, 0) is 9.53 Å². The topological polar surface area (TPSA) is 94.3 Å². The molecule has 8 nitrogen and oxygen atoms in total. The van der Waals surface area contributed by atoms with Crippen LogP contribution in [0.1, 0.15) is 6.92 Å². The summed E-state index contributed by atoms with van der Waals surface area (Å²) in [5.74, 6) is 0.0924. The Balaban J connectivity index is 2.00. The third kappa shape index (κ3) is 2.11. The average molecular weight is 272 g/mol. The highest BCUT2D eigenvalue weighted by Gasteiger charge is 2.12. The molecule has 102 valence electrons. The number of anilines is 1. The molecular weight excluding hydrogens is 260 g/mol. The summed E-state index contributed by atoms with van der Waals surface area (Å²) in [6, 6.07) is 7.49. The van der Waals surface area contributed by atoms with Crippen LogP contribution in [0, 0.1) is 0 Å². The van der Waals surface area contributed by atoms with E-state index in [2.05, 4.69) is 25.8 Å². The molecule has 0 bridgehead atoms. The zero-order chi connectivity index (χ0) is 13.9. The number of benzene rings is 1. The molecule has 0 radical (unpaired) electrons. The lowest BCUT2D eigenvalue weighted by molar-refractivity contribution is -0.140. The number of aromatic nitrogens is 5. The predicted molar refractivity (Wildman–Crippen MR) is 71.2 cm³/mol. The van der Waals surface area contributed by atoms with E-state index < -0.39 is 0 Å². The maximum atomic E-state index is 11.4. The van der Waals surface area contributed by atoms with Gasteiger partial charge in [-0.25, -0.2) is 4.98 Å². The smallest absolute Gasteiger partial charge is 0.325 e. The molecule has 0 saturated heterocycles. The number of carbonyl (C=O) groups excluding carboxylic acids is 1. The first-order chi connectivity index (χ1) is 9.79. The molecule has 0 unspecified atom stereocenters. The molecule has 0 aliphatic rings. The molecule has 2 aromatic heterocycles. The van der Waals surface area contributed by atoms with Crippen LogP contribution in [0.3, 0.4) is 0 Å². The van der Waals surface area contributed by atoms with Crippen molar-refractivity contribution in [3.63, 3.8) is 0 Å². The Morgan fingerprint density at radius 2 is 2.25 bits per heavy atom. The summed E-state index contributed by atoms with van der Waals surface area (Å²) in [4.78, 5) is 15.8. The van der Waals surface area contributed by atoms with Crippen molar-refractivity contribution >= 4 is 28.5 Å². The SMILES string of the molecule is CCOC(=O)CNc1nc2ccccc2n2nnnc12. The number of rotatable bonds is 4. The van der Waals surface area contributed by atoms with Crippen LogP contribution in [-0.4, -0.2) is 44.1 Å². The zero-order valence-corrected chi connectivity index (χ0v) is 10.8. The number of hydrogen-bond donors (Lipinski definition) is 1. The van der Waals surface area contributed by atoms with E-state index in [1.807, 2.05) is 24.3 Å². The fraction of sp³-hybridized carbons (Fsp3) is 0.250. The van der Waals surface area contributed by atoms with Crippen molar-refractivity contribution in [1.29, 1.82) is 0 Å². The molecule has 3 rings (SSSR count). The highest BCUT2D eigenvalue weighted by atomic mass is 16.5. The summed E-state index contributed by atoms with van der Waals surface area (Å²) in [6.07, 6.45) is 0. The molecule has 0 spiro atoms. The number of nitrogens with zero attached hydrogens (tertiary/aromatic N) is 5. The fourth-order valence-corrected chi connectivity index (χ4v) is 1.89. The van der Waals surface area contributed by atoms with Crippen LogP contribution < -0.4 is 5.32 Å². The molecule has 8 heteroatoms. The number of tetrazole rings is 1. The molecule has 0 aliphatic heterocycles. The van der Waals surface area contributed by atoms with Gasteiger partial charge in [0.25, 0.3) is 0 Å². The summed E-state index contributed by atoms with van der Waals surface area (Å²) >= 11 is 0. The Labute approximate surface area is 113 Å². The molecule has 0 amide bonds. The van der Waals surface area contributed by atoms with Gasteiger partial charge in [0, 0.05) is 0 Å². The van der Waals surface area contributed by atoms with Gasteiger partial charge in [-0.15, -0.1) is 5.10 Å². The minimum absolute atomic E-state index is 0.0156. The number of nitrogens with one attached hydrogen (secondary N) is 1. The number of fused-ring (bicyclic) bond motifs is 3. The second-order valence-electron chi connectivity index (χ2n) is 4.02. The van der Waals surface area contributed by atoms with Gasteiger partial charge < -0.3 is 10.1 Å². The molecule has 0 atom stereocenters. The average Bonchev–Trinajstić information content (AvgIpc) is 2.95. The van der Waals surface area contributed by atoms with Crippen molar-refractivity contribution in [2.75, 3.05) is 18.5 Å². The lowest BCUT2D eigenvalue weighted by atomic mass is 10.3. The van der Waals surface area contributed by atoms with E-state index in [0.717, 1.165) is 11.0 Å². The van der Waals surface area contributed by atoms with Crippen molar-refractivity contribution < 1.29 is 9.53 Å². The Morgan fingerprint density at radius 3 is 3.10 bits per heavy atom. The van der Waals surface area contributed by atoms with Gasteiger partial charge in [0.1, 0.15) is 6.54 Å². The fourth-order valence-electron chi connectivity index (χ4n) is 1.89. The molecule has 3 aromatic rings. The van der Waals surface area contributed by atoms with Crippen LogP contribution in [0.4, 0.5) is 5.82 Å². The number of hydrogen-bond acceptors (Lipinski definition) is 7. The van der Waals surface area contributed by atoms with Crippen LogP contribution in [0.25, 0.3) is 16.7 Å². The largest absolute Gasteiger partial charge is 0.465 e. The van der Waals surface area contributed by atoms with E-state index >= 15 is 0 Å². The van der Waals surface area contributed by atoms with Gasteiger partial charge in [0.05, 0.1) is 17.6 Å². The standard InChI is InChI=1S/C12H12N6O2/c1-2-20-10(19)7-13-11-12-15-16-17-18(12)9-6-4-3-5-8(9)14-11/h3-6H,2,7H2,1H3,(H,13,14). The van der Waals surface area contributed by atoms with Gasteiger partial charge in [-0.2, -0.15) is 4.52 Å². The summed E-state index contributed by atoms with van der Waals surface area (Å²) < 4.78 is 6.44. The van der Waals surface area contributed by atoms with Crippen LogP contribution >= 0.6 is 0 Å². The van der Waals surface area contributed by atoms with Gasteiger partial charge in [0.2, 0.25) is 5.65 Å². The van der Waals surface area contributed by atoms with Crippen molar-refractivity contribution in [2.45, 2.75) is 6.92 Å². The van der Waals surface area contributed by atoms with E-state index in [0.29, 0.717) is 18.1 Å². The highest BCUT2D eigenvalue weighted by molar-refractivity contribution is 5.83. The third-order valence-corrected chi connectivity index (χ3v) is 2.73. The summed E-state index contributed by atoms with van der Waals surface area (Å²) in [6.45, 7) is 2.11. The highest BCUT2D eigenvalue weighted by Crippen LogP contribution is 2.18. The van der Waals surface area contributed by atoms with Gasteiger partial charge in [0.15, 0.2) is 5.82 Å². The van der Waals surface area contributed by atoms with Gasteiger partial charge in [-0.1, -0.05) is 12.1 Å². The molecular formula is C12H12N6O2. The molecule has 0 saturated carbocycles. The number of para-hydroxylation sites is 2. The normalized spacial score (nSPS) is 10.8. The number of carbonyl (C=O) groups is 1. The third-order valence-electron chi connectivity index (χ3n) is 2.73. The first-order valence-electron chi connectivity index (χ1n) is 6.16.